The first-order valence-corrected chi connectivity index (χ1v) is 5.13. The summed E-state index contributed by atoms with van der Waals surface area (Å²) in [6.07, 6.45) is 0.576. The summed E-state index contributed by atoms with van der Waals surface area (Å²) in [5.74, 6) is 0. The topological polar surface area (TPSA) is 12.0 Å². The van der Waals surface area contributed by atoms with Crippen molar-refractivity contribution in [2.75, 3.05) is 13.2 Å². The quantitative estimate of drug-likeness (QED) is 0.745. The molecule has 0 aromatic heterocycles. The van der Waals surface area contributed by atoms with Gasteiger partial charge >= 0.3 is 0 Å². The summed E-state index contributed by atoms with van der Waals surface area (Å²) in [5.41, 5.74) is 2.27. The van der Waals surface area contributed by atoms with Gasteiger partial charge in [-0.05, 0) is 37.1 Å². The van der Waals surface area contributed by atoms with Crippen molar-refractivity contribution in [1.82, 2.24) is 5.32 Å². The molecule has 1 aromatic carbocycles. The van der Waals surface area contributed by atoms with E-state index in [2.05, 4.69) is 5.32 Å². The van der Waals surface area contributed by atoms with Crippen molar-refractivity contribution in [1.29, 1.82) is 0 Å². The maximum Gasteiger partial charge on any atom is 0.0906 e. The molecule has 1 N–H and O–H groups in total. The van der Waals surface area contributed by atoms with Gasteiger partial charge in [0.1, 0.15) is 0 Å². The molecule has 0 fully saturated rings. The lowest BCUT2D eigenvalue weighted by Gasteiger charge is -2.05. The zero-order chi connectivity index (χ0) is 10.4. The lowest BCUT2D eigenvalue weighted by molar-refractivity contribution is 0.459. The SMILES string of the molecule is Cc1cc(CNCCCF)ccc1Cl. The molecule has 0 atom stereocenters. The molecule has 0 saturated heterocycles. The van der Waals surface area contributed by atoms with Crippen LogP contribution in [0.15, 0.2) is 18.2 Å². The molecule has 0 aliphatic heterocycles. The van der Waals surface area contributed by atoms with Crippen molar-refractivity contribution in [2.24, 2.45) is 0 Å². The molecule has 3 heteroatoms. The summed E-state index contributed by atoms with van der Waals surface area (Å²) >= 11 is 5.89. The Hall–Kier alpha value is -0.600. The van der Waals surface area contributed by atoms with Crippen LogP contribution in [0.25, 0.3) is 0 Å². The third-order valence-electron chi connectivity index (χ3n) is 2.04. The first-order chi connectivity index (χ1) is 6.74. The molecular weight excluding hydrogens is 201 g/mol. The van der Waals surface area contributed by atoms with Crippen LogP contribution in [0.4, 0.5) is 4.39 Å². The molecule has 14 heavy (non-hydrogen) atoms. The van der Waals surface area contributed by atoms with Gasteiger partial charge in [-0.25, -0.2) is 0 Å². The maximum atomic E-state index is 11.8. The van der Waals surface area contributed by atoms with E-state index < -0.39 is 0 Å². The van der Waals surface area contributed by atoms with E-state index in [1.807, 2.05) is 25.1 Å². The van der Waals surface area contributed by atoms with E-state index >= 15 is 0 Å². The molecule has 0 bridgehead atoms. The largest absolute Gasteiger partial charge is 0.313 e. The summed E-state index contributed by atoms with van der Waals surface area (Å²) in [6, 6.07) is 5.92. The van der Waals surface area contributed by atoms with Crippen molar-refractivity contribution in [3.05, 3.63) is 34.3 Å². The maximum absolute atomic E-state index is 11.8. The van der Waals surface area contributed by atoms with E-state index in [9.17, 15) is 4.39 Å². The fraction of sp³-hybridized carbons (Fsp3) is 0.455. The molecule has 0 heterocycles. The number of benzene rings is 1. The standard InChI is InChI=1S/C11H15ClFN/c1-9-7-10(3-4-11(9)12)8-14-6-2-5-13/h3-4,7,14H,2,5-6,8H2,1H3. The Morgan fingerprint density at radius 1 is 1.43 bits per heavy atom. The predicted molar refractivity (Wildman–Crippen MR) is 58.5 cm³/mol. The van der Waals surface area contributed by atoms with Crippen molar-refractivity contribution < 1.29 is 4.39 Å². The van der Waals surface area contributed by atoms with E-state index in [0.717, 1.165) is 23.7 Å². The van der Waals surface area contributed by atoms with Crippen LogP contribution >= 0.6 is 11.6 Å². The lowest BCUT2D eigenvalue weighted by Crippen LogP contribution is -2.15. The normalized spacial score (nSPS) is 10.5. The Bertz CT molecular complexity index is 289. The van der Waals surface area contributed by atoms with Gasteiger partial charge in [-0.3, -0.25) is 4.39 Å². The van der Waals surface area contributed by atoms with Crippen molar-refractivity contribution in [2.45, 2.75) is 19.9 Å². The zero-order valence-electron chi connectivity index (χ0n) is 8.32. The summed E-state index contributed by atoms with van der Waals surface area (Å²) in [7, 11) is 0. The first-order valence-electron chi connectivity index (χ1n) is 4.75. The Balaban J connectivity index is 2.39. The molecule has 1 aromatic rings. The highest BCUT2D eigenvalue weighted by atomic mass is 35.5. The smallest absolute Gasteiger partial charge is 0.0906 e. The highest BCUT2D eigenvalue weighted by molar-refractivity contribution is 6.31. The van der Waals surface area contributed by atoms with Crippen LogP contribution in [0.3, 0.4) is 0 Å². The van der Waals surface area contributed by atoms with Gasteiger partial charge in [-0.2, -0.15) is 0 Å². The monoisotopic (exact) mass is 215 g/mol. The number of aryl methyl sites for hydroxylation is 1. The number of rotatable bonds is 5. The Labute approximate surface area is 89.3 Å². The molecule has 0 radical (unpaired) electrons. The summed E-state index contributed by atoms with van der Waals surface area (Å²) in [6.45, 7) is 3.22. The molecule has 0 spiro atoms. The fourth-order valence-corrected chi connectivity index (χ4v) is 1.36. The van der Waals surface area contributed by atoms with Crippen molar-refractivity contribution >= 4 is 11.6 Å². The Kier molecular flexibility index (Phi) is 4.91. The van der Waals surface area contributed by atoms with Crippen LogP contribution in [0.2, 0.25) is 5.02 Å². The van der Waals surface area contributed by atoms with Crippen LogP contribution in [0.5, 0.6) is 0 Å². The molecule has 0 unspecified atom stereocenters. The first kappa shape index (κ1) is 11.5. The molecule has 78 valence electrons. The second-order valence-electron chi connectivity index (χ2n) is 3.30. The van der Waals surface area contributed by atoms with Gasteiger partial charge in [0.2, 0.25) is 0 Å². The number of hydrogen-bond acceptors (Lipinski definition) is 1. The number of nitrogens with one attached hydrogen (secondary N) is 1. The fourth-order valence-electron chi connectivity index (χ4n) is 1.24. The van der Waals surface area contributed by atoms with Crippen LogP contribution in [-0.4, -0.2) is 13.2 Å². The second kappa shape index (κ2) is 5.99. The molecular formula is C11H15ClFN. The molecule has 0 saturated carbocycles. The average Bonchev–Trinajstić information content (AvgIpc) is 2.18. The zero-order valence-corrected chi connectivity index (χ0v) is 9.07. The van der Waals surface area contributed by atoms with Gasteiger partial charge in [0.15, 0.2) is 0 Å². The van der Waals surface area contributed by atoms with Gasteiger partial charge in [-0.1, -0.05) is 23.7 Å². The lowest BCUT2D eigenvalue weighted by atomic mass is 10.1. The van der Waals surface area contributed by atoms with Crippen molar-refractivity contribution in [3.63, 3.8) is 0 Å². The third-order valence-corrected chi connectivity index (χ3v) is 2.46. The minimum atomic E-state index is -0.257. The molecule has 0 aliphatic carbocycles. The van der Waals surface area contributed by atoms with Gasteiger partial charge in [0.05, 0.1) is 6.67 Å². The van der Waals surface area contributed by atoms with Crippen LogP contribution in [-0.2, 0) is 6.54 Å². The van der Waals surface area contributed by atoms with Gasteiger partial charge < -0.3 is 5.32 Å². The van der Waals surface area contributed by atoms with Gasteiger partial charge in [0, 0.05) is 11.6 Å². The number of halogens is 2. The van der Waals surface area contributed by atoms with Crippen LogP contribution in [0, 0.1) is 6.92 Å². The van der Waals surface area contributed by atoms with E-state index in [1.54, 1.807) is 0 Å². The molecule has 0 amide bonds. The highest BCUT2D eigenvalue weighted by Crippen LogP contribution is 2.15. The minimum absolute atomic E-state index is 0.257. The average molecular weight is 216 g/mol. The van der Waals surface area contributed by atoms with E-state index in [0.29, 0.717) is 6.42 Å². The van der Waals surface area contributed by atoms with Crippen molar-refractivity contribution in [3.8, 4) is 0 Å². The molecule has 1 nitrogen and oxygen atoms in total. The van der Waals surface area contributed by atoms with E-state index in [-0.39, 0.29) is 6.67 Å². The number of hydrogen-bond donors (Lipinski definition) is 1. The van der Waals surface area contributed by atoms with Crippen LogP contribution < -0.4 is 5.32 Å². The predicted octanol–water partition coefficient (Wildman–Crippen LogP) is 3.10. The minimum Gasteiger partial charge on any atom is -0.313 e. The van der Waals surface area contributed by atoms with E-state index in [1.165, 1.54) is 5.56 Å². The molecule has 1 rings (SSSR count). The van der Waals surface area contributed by atoms with Gasteiger partial charge in [-0.15, -0.1) is 0 Å². The van der Waals surface area contributed by atoms with Gasteiger partial charge in [0.25, 0.3) is 0 Å². The summed E-state index contributed by atoms with van der Waals surface area (Å²) in [4.78, 5) is 0. The Morgan fingerprint density at radius 3 is 2.86 bits per heavy atom. The second-order valence-corrected chi connectivity index (χ2v) is 3.71. The van der Waals surface area contributed by atoms with Crippen LogP contribution in [0.1, 0.15) is 17.5 Å². The summed E-state index contributed by atoms with van der Waals surface area (Å²) < 4.78 is 11.8. The summed E-state index contributed by atoms with van der Waals surface area (Å²) in [5, 5.41) is 3.96. The Morgan fingerprint density at radius 2 is 2.21 bits per heavy atom. The molecule has 0 aliphatic rings. The third kappa shape index (κ3) is 3.64. The van der Waals surface area contributed by atoms with E-state index in [4.69, 9.17) is 11.6 Å². The highest BCUT2D eigenvalue weighted by Gasteiger charge is 1.97. The number of alkyl halides is 1.